The highest BCUT2D eigenvalue weighted by molar-refractivity contribution is 5.95. The first-order valence-electron chi connectivity index (χ1n) is 11.4. The van der Waals surface area contributed by atoms with Crippen LogP contribution < -0.4 is 15.0 Å². The van der Waals surface area contributed by atoms with Gasteiger partial charge >= 0.3 is 5.97 Å². The first-order valence-corrected chi connectivity index (χ1v) is 11.4. The minimum absolute atomic E-state index is 0.134. The fourth-order valence-corrected chi connectivity index (χ4v) is 6.65. The lowest BCUT2D eigenvalue weighted by molar-refractivity contribution is -0.146. The molecule has 1 aromatic carbocycles. The summed E-state index contributed by atoms with van der Waals surface area (Å²) in [6.07, 6.45) is 8.64. The number of anilines is 1. The third-order valence-electron chi connectivity index (χ3n) is 7.59. The normalized spacial score (nSPS) is 31.8. The zero-order chi connectivity index (χ0) is 20.7. The maximum Gasteiger partial charge on any atom is 0.312 e. The average Bonchev–Trinajstić information content (AvgIpc) is 3.13. The molecule has 1 aliphatic heterocycles. The molecule has 1 saturated heterocycles. The highest BCUT2D eigenvalue weighted by Gasteiger charge is 2.54. The molecule has 2 amide bonds. The molecule has 1 heterocycles. The van der Waals surface area contributed by atoms with Crippen molar-refractivity contribution in [1.82, 2.24) is 5.32 Å². The van der Waals surface area contributed by atoms with Crippen LogP contribution in [0.3, 0.4) is 0 Å². The molecule has 160 valence electrons. The van der Waals surface area contributed by atoms with Crippen LogP contribution >= 0.6 is 0 Å². The molecular formula is C24H30N2O4. The van der Waals surface area contributed by atoms with Crippen molar-refractivity contribution in [2.45, 2.75) is 57.8 Å². The summed E-state index contributed by atoms with van der Waals surface area (Å²) >= 11 is 0. The van der Waals surface area contributed by atoms with E-state index in [2.05, 4.69) is 5.32 Å². The van der Waals surface area contributed by atoms with Crippen LogP contribution in [0.5, 0.6) is 5.75 Å². The first kappa shape index (κ1) is 19.6. The zero-order valence-electron chi connectivity index (χ0n) is 17.4. The number of esters is 1. The Kier molecular flexibility index (Phi) is 5.03. The van der Waals surface area contributed by atoms with Crippen LogP contribution in [0.15, 0.2) is 24.3 Å². The summed E-state index contributed by atoms with van der Waals surface area (Å²) < 4.78 is 5.40. The van der Waals surface area contributed by atoms with Gasteiger partial charge in [-0.25, -0.2) is 0 Å². The van der Waals surface area contributed by atoms with Crippen LogP contribution in [-0.4, -0.2) is 30.9 Å². The molecule has 6 rings (SSSR count). The summed E-state index contributed by atoms with van der Waals surface area (Å²) in [4.78, 5) is 38.7. The number of nitrogens with one attached hydrogen (secondary N) is 1. The average molecular weight is 411 g/mol. The summed E-state index contributed by atoms with van der Waals surface area (Å²) in [6.45, 7) is 1.06. The molecule has 0 atom stereocenters. The smallest absolute Gasteiger partial charge is 0.312 e. The second kappa shape index (κ2) is 7.71. The van der Waals surface area contributed by atoms with Gasteiger partial charge in [0.15, 0.2) is 0 Å². The first-order chi connectivity index (χ1) is 14.5. The standard InChI is InChI=1S/C24H30N2O4/c27-21-2-1-9-26(21)19-3-5-20(6-4-19)30-22(28)7-8-25-23(29)24-13-16-10-17(14-24)12-18(11-16)15-24/h3-6,16-18H,1-2,7-15H2,(H,25,29). The van der Waals surface area contributed by atoms with E-state index in [1.54, 1.807) is 29.2 Å². The Morgan fingerprint density at radius 2 is 1.67 bits per heavy atom. The maximum absolute atomic E-state index is 12.9. The van der Waals surface area contributed by atoms with E-state index in [4.69, 9.17) is 4.74 Å². The van der Waals surface area contributed by atoms with Crippen LogP contribution in [0.4, 0.5) is 5.69 Å². The lowest BCUT2D eigenvalue weighted by Crippen LogP contribution is -2.53. The van der Waals surface area contributed by atoms with Crippen molar-refractivity contribution >= 4 is 23.5 Å². The van der Waals surface area contributed by atoms with Crippen molar-refractivity contribution in [3.05, 3.63) is 24.3 Å². The second-order valence-electron chi connectivity index (χ2n) is 9.82. The molecule has 4 saturated carbocycles. The second-order valence-corrected chi connectivity index (χ2v) is 9.82. The Bertz CT molecular complexity index is 812. The lowest BCUT2D eigenvalue weighted by Gasteiger charge is -2.55. The summed E-state index contributed by atoms with van der Waals surface area (Å²) in [5.41, 5.74) is 0.654. The summed E-state index contributed by atoms with van der Waals surface area (Å²) in [7, 11) is 0. The van der Waals surface area contributed by atoms with Gasteiger partial charge in [0.05, 0.1) is 6.42 Å². The van der Waals surface area contributed by atoms with Gasteiger partial charge in [-0.2, -0.15) is 0 Å². The van der Waals surface area contributed by atoms with Crippen molar-refractivity contribution in [2.24, 2.45) is 23.2 Å². The third-order valence-corrected chi connectivity index (χ3v) is 7.59. The Morgan fingerprint density at radius 1 is 1.03 bits per heavy atom. The van der Waals surface area contributed by atoms with Gasteiger partial charge < -0.3 is 15.0 Å². The minimum Gasteiger partial charge on any atom is -0.426 e. The fourth-order valence-electron chi connectivity index (χ4n) is 6.65. The Hall–Kier alpha value is -2.37. The quantitative estimate of drug-likeness (QED) is 0.576. The van der Waals surface area contributed by atoms with E-state index in [0.717, 1.165) is 55.7 Å². The monoisotopic (exact) mass is 410 g/mol. The summed E-state index contributed by atoms with van der Waals surface area (Å²) in [5.74, 6) is 2.57. The van der Waals surface area contributed by atoms with Crippen LogP contribution in [0.1, 0.15) is 57.8 Å². The number of benzene rings is 1. The molecule has 4 aliphatic carbocycles. The van der Waals surface area contributed by atoms with Gasteiger partial charge in [0, 0.05) is 30.6 Å². The Labute approximate surface area is 177 Å². The van der Waals surface area contributed by atoms with Gasteiger partial charge in [-0.05, 0) is 87.0 Å². The number of carbonyl (C=O) groups excluding carboxylic acids is 3. The number of amides is 2. The molecule has 1 N–H and O–H groups in total. The van der Waals surface area contributed by atoms with Crippen LogP contribution in [-0.2, 0) is 14.4 Å². The van der Waals surface area contributed by atoms with Crippen molar-refractivity contribution in [2.75, 3.05) is 18.0 Å². The van der Waals surface area contributed by atoms with Gasteiger partial charge in [-0.15, -0.1) is 0 Å². The lowest BCUT2D eigenvalue weighted by atomic mass is 9.49. The molecule has 30 heavy (non-hydrogen) atoms. The number of carbonyl (C=O) groups is 3. The number of nitrogens with zero attached hydrogens (tertiary/aromatic N) is 1. The van der Waals surface area contributed by atoms with Gasteiger partial charge in [-0.3, -0.25) is 14.4 Å². The molecule has 5 aliphatic rings. The summed E-state index contributed by atoms with van der Waals surface area (Å²) in [6, 6.07) is 7.04. The molecule has 0 aromatic heterocycles. The van der Waals surface area contributed by atoms with E-state index in [1.807, 2.05) is 0 Å². The summed E-state index contributed by atoms with van der Waals surface area (Å²) in [5, 5.41) is 3.02. The third kappa shape index (κ3) is 3.72. The topological polar surface area (TPSA) is 75.7 Å². The van der Waals surface area contributed by atoms with Crippen LogP contribution in [0, 0.1) is 23.2 Å². The molecular weight excluding hydrogens is 380 g/mol. The van der Waals surface area contributed by atoms with E-state index < -0.39 is 0 Å². The van der Waals surface area contributed by atoms with E-state index in [1.165, 1.54) is 19.3 Å². The number of ether oxygens (including phenoxy) is 1. The van der Waals surface area contributed by atoms with Gasteiger partial charge in [-0.1, -0.05) is 0 Å². The highest BCUT2D eigenvalue weighted by Crippen LogP contribution is 2.60. The van der Waals surface area contributed by atoms with E-state index in [0.29, 0.717) is 18.7 Å². The highest BCUT2D eigenvalue weighted by atomic mass is 16.5. The molecule has 5 fully saturated rings. The van der Waals surface area contributed by atoms with Crippen molar-refractivity contribution < 1.29 is 19.1 Å². The van der Waals surface area contributed by atoms with Crippen molar-refractivity contribution in [3.8, 4) is 5.75 Å². The van der Waals surface area contributed by atoms with Crippen molar-refractivity contribution in [3.63, 3.8) is 0 Å². The minimum atomic E-state index is -0.356. The Morgan fingerprint density at radius 3 is 2.23 bits per heavy atom. The SMILES string of the molecule is O=C(CCNC(=O)C12CC3CC(CC(C3)C1)C2)Oc1ccc(N2CCCC2=O)cc1. The predicted octanol–water partition coefficient (Wildman–Crippen LogP) is 3.44. The molecule has 4 bridgehead atoms. The van der Waals surface area contributed by atoms with E-state index >= 15 is 0 Å². The molecule has 0 unspecified atom stereocenters. The van der Waals surface area contributed by atoms with Gasteiger partial charge in [0.2, 0.25) is 11.8 Å². The largest absolute Gasteiger partial charge is 0.426 e. The molecule has 0 radical (unpaired) electrons. The molecule has 0 spiro atoms. The van der Waals surface area contributed by atoms with E-state index in [-0.39, 0.29) is 29.6 Å². The molecule has 6 nitrogen and oxygen atoms in total. The number of hydrogen-bond donors (Lipinski definition) is 1. The number of rotatable bonds is 6. The fraction of sp³-hybridized carbons (Fsp3) is 0.625. The maximum atomic E-state index is 12.9. The Balaban J connectivity index is 1.09. The van der Waals surface area contributed by atoms with Gasteiger partial charge in [0.1, 0.15) is 5.75 Å². The molecule has 6 heteroatoms. The van der Waals surface area contributed by atoms with Crippen LogP contribution in [0.2, 0.25) is 0 Å². The zero-order valence-corrected chi connectivity index (χ0v) is 17.4. The molecule has 1 aromatic rings. The van der Waals surface area contributed by atoms with Gasteiger partial charge in [0.25, 0.3) is 0 Å². The van der Waals surface area contributed by atoms with Crippen molar-refractivity contribution in [1.29, 1.82) is 0 Å². The predicted molar refractivity (Wildman–Crippen MR) is 112 cm³/mol. The number of hydrogen-bond acceptors (Lipinski definition) is 4. The van der Waals surface area contributed by atoms with E-state index in [9.17, 15) is 14.4 Å². The van der Waals surface area contributed by atoms with Crippen LogP contribution in [0.25, 0.3) is 0 Å².